The first-order valence-electron chi connectivity index (χ1n) is 3.35. The van der Waals surface area contributed by atoms with Crippen molar-refractivity contribution < 1.29 is 0 Å². The highest BCUT2D eigenvalue weighted by atomic mass is 29.8. The van der Waals surface area contributed by atoms with Crippen molar-refractivity contribution >= 4 is 34.5 Å². The zero-order valence-corrected chi connectivity index (χ0v) is 11.1. The zero-order valence-electron chi connectivity index (χ0n) is 5.70. The fraction of sp³-hybridized carbons (Fsp3) is 1.00. The van der Waals surface area contributed by atoms with Gasteiger partial charge < -0.3 is 0 Å². The van der Waals surface area contributed by atoms with E-state index in [-0.39, 0.29) is 7.35 Å². The first kappa shape index (κ1) is 7.87. The van der Waals surface area contributed by atoms with Crippen LogP contribution >= 0.6 is 0 Å². The highest BCUT2D eigenvalue weighted by Gasteiger charge is 2.00. The van der Waals surface area contributed by atoms with Gasteiger partial charge in [0.25, 0.3) is 0 Å². The third-order valence-corrected chi connectivity index (χ3v) is 46.8. The number of hydrogen-bond acceptors (Lipinski definition) is 0. The molecule has 0 aromatic heterocycles. The van der Waals surface area contributed by atoms with E-state index in [0.29, 0.717) is 27.1 Å². The molecule has 4 heteroatoms. The molecule has 0 rings (SSSR count). The molecule has 0 saturated carbocycles. The van der Waals surface area contributed by atoms with Gasteiger partial charge in [0.1, 0.15) is 0 Å². The molecule has 7 heavy (non-hydrogen) atoms. The van der Waals surface area contributed by atoms with Crippen LogP contribution in [-0.4, -0.2) is 34.5 Å². The van der Waals surface area contributed by atoms with Crippen LogP contribution in [0.2, 0.25) is 19.6 Å². The van der Waals surface area contributed by atoms with Crippen LogP contribution < -0.4 is 0 Å². The van der Waals surface area contributed by atoms with Crippen LogP contribution in [0.25, 0.3) is 0 Å². The summed E-state index contributed by atoms with van der Waals surface area (Å²) < 4.78 is 0. The first-order valence-corrected chi connectivity index (χ1v) is 17.4. The molecule has 0 saturated heterocycles. The second-order valence-corrected chi connectivity index (χ2v) is 34.4. The van der Waals surface area contributed by atoms with Crippen LogP contribution in [0.1, 0.15) is 0 Å². The molecule has 0 aromatic carbocycles. The Balaban J connectivity index is 2.99. The molecule has 44 valence electrons. The minimum atomic E-state index is 0.245. The van der Waals surface area contributed by atoms with E-state index < -0.39 is 0 Å². The Labute approximate surface area is 54.5 Å². The topological polar surface area (TPSA) is 0 Å². The lowest BCUT2D eigenvalue weighted by Gasteiger charge is -2.01. The molecule has 0 radical (unpaired) electrons. The fourth-order valence-corrected chi connectivity index (χ4v) is 23.4. The summed E-state index contributed by atoms with van der Waals surface area (Å²) in [5.41, 5.74) is 0. The van der Waals surface area contributed by atoms with Gasteiger partial charge in [0.2, 0.25) is 0 Å². The summed E-state index contributed by atoms with van der Waals surface area (Å²) in [4.78, 5) is 0. The van der Waals surface area contributed by atoms with Crippen LogP contribution in [0.3, 0.4) is 0 Å². The van der Waals surface area contributed by atoms with E-state index in [0.717, 1.165) is 0 Å². The van der Waals surface area contributed by atoms with Gasteiger partial charge in [-0.25, -0.2) is 0 Å². The van der Waals surface area contributed by atoms with Crippen LogP contribution in [0, 0.1) is 0 Å². The third kappa shape index (κ3) is 3.45. The van der Waals surface area contributed by atoms with Crippen molar-refractivity contribution in [3.8, 4) is 0 Å². The van der Waals surface area contributed by atoms with Crippen molar-refractivity contribution in [2.45, 2.75) is 19.6 Å². The highest BCUT2D eigenvalue weighted by Crippen LogP contribution is 1.72. The minimum Gasteiger partial charge on any atom is -0.0773 e. The third-order valence-electron chi connectivity index (χ3n) is 1.73. The van der Waals surface area contributed by atoms with E-state index >= 15 is 0 Å². The Morgan fingerprint density at radius 2 is 1.14 bits per heavy atom. The summed E-state index contributed by atoms with van der Waals surface area (Å²) in [7, 11) is 2.02. The Morgan fingerprint density at radius 1 is 0.857 bits per heavy atom. The van der Waals surface area contributed by atoms with Crippen molar-refractivity contribution in [1.82, 2.24) is 0 Å². The van der Waals surface area contributed by atoms with Gasteiger partial charge in [0.15, 0.2) is 0 Å². The van der Waals surface area contributed by atoms with E-state index in [9.17, 15) is 0 Å². The smallest absolute Gasteiger partial charge is 0.00247 e. The molecule has 0 nitrogen and oxygen atoms in total. The van der Waals surface area contributed by atoms with Crippen molar-refractivity contribution in [1.29, 1.82) is 0 Å². The van der Waals surface area contributed by atoms with E-state index in [1.54, 1.807) is 0 Å². The summed E-state index contributed by atoms with van der Waals surface area (Å²) >= 11 is 0. The summed E-state index contributed by atoms with van der Waals surface area (Å²) in [5.74, 6) is 0. The maximum atomic E-state index is 2.53. The van der Waals surface area contributed by atoms with Gasteiger partial charge in [-0.3, -0.25) is 0 Å². The molecule has 0 N–H and O–H groups in total. The molecular weight excluding hydrogens is 148 g/mol. The molecule has 0 aromatic rings. The monoisotopic (exact) mass is 164 g/mol. The quantitative estimate of drug-likeness (QED) is 0.439. The average molecular weight is 165 g/mol. The lowest BCUT2D eigenvalue weighted by Crippen LogP contribution is -2.32. The fourth-order valence-electron chi connectivity index (χ4n) is 0.866. The number of rotatable bonds is 3. The maximum Gasteiger partial charge on any atom is 0.00247 e. The largest absolute Gasteiger partial charge is 0.0773 e. The van der Waals surface area contributed by atoms with Crippen LogP contribution in [-0.2, 0) is 0 Å². The normalized spacial score (nSPS) is 19.3. The second-order valence-electron chi connectivity index (χ2n) is 2.09. The molecule has 0 aliphatic carbocycles. The Kier molecular flexibility index (Phi) is 5.63. The van der Waals surface area contributed by atoms with Gasteiger partial charge in [-0.1, -0.05) is 19.6 Å². The molecule has 0 atom stereocenters. The summed E-state index contributed by atoms with van der Waals surface area (Å²) in [5, 5.41) is 0. The zero-order chi connectivity index (χ0) is 5.70. The van der Waals surface area contributed by atoms with Gasteiger partial charge in [-0.15, -0.1) is 0 Å². The molecule has 0 fully saturated rings. The maximum absolute atomic E-state index is 2.53. The predicted octanol–water partition coefficient (Wildman–Crippen LogP) is -1.65. The summed E-state index contributed by atoms with van der Waals surface area (Å²) in [6.45, 7) is 7.59. The van der Waals surface area contributed by atoms with E-state index in [1.807, 2.05) is 0 Å². The summed E-state index contributed by atoms with van der Waals surface area (Å²) in [6.07, 6.45) is 0. The summed E-state index contributed by atoms with van der Waals surface area (Å²) in [6, 6.07) is 0. The Morgan fingerprint density at radius 3 is 1.14 bits per heavy atom. The van der Waals surface area contributed by atoms with Crippen LogP contribution in [0.5, 0.6) is 0 Å². The van der Waals surface area contributed by atoms with Crippen molar-refractivity contribution in [3.63, 3.8) is 0 Å². The SMILES string of the molecule is C[SiH2][SiH]([SiH2]C)[SiH2]C. The molecule has 0 bridgehead atoms. The molecule has 0 aliphatic heterocycles. The lowest BCUT2D eigenvalue weighted by molar-refractivity contribution is 2.31. The standard InChI is InChI=1S/C3H16Si4/c1-4-7(5-2)6-3/h7H,4-6H2,1-3H3. The van der Waals surface area contributed by atoms with E-state index in [1.165, 1.54) is 0 Å². The average Bonchev–Trinajstić information content (AvgIpc) is 1.72. The van der Waals surface area contributed by atoms with Crippen molar-refractivity contribution in [2.24, 2.45) is 0 Å². The van der Waals surface area contributed by atoms with Crippen molar-refractivity contribution in [3.05, 3.63) is 0 Å². The van der Waals surface area contributed by atoms with Gasteiger partial charge in [0, 0.05) is 34.5 Å². The van der Waals surface area contributed by atoms with Gasteiger partial charge >= 0.3 is 0 Å². The second kappa shape index (κ2) is 5.01. The predicted molar refractivity (Wildman–Crippen MR) is 50.4 cm³/mol. The molecule has 0 spiro atoms. The van der Waals surface area contributed by atoms with Crippen molar-refractivity contribution in [2.75, 3.05) is 0 Å². The molecular formula is C3H16Si4. The van der Waals surface area contributed by atoms with Gasteiger partial charge in [-0.05, 0) is 0 Å². The van der Waals surface area contributed by atoms with Crippen LogP contribution in [0.15, 0.2) is 0 Å². The molecule has 0 unspecified atom stereocenters. The Bertz CT molecular complexity index is 28.4. The van der Waals surface area contributed by atoms with Crippen LogP contribution in [0.4, 0.5) is 0 Å². The Hall–Kier alpha value is 0.868. The molecule has 0 heterocycles. The molecule has 0 amide bonds. The minimum absolute atomic E-state index is 0.245. The van der Waals surface area contributed by atoms with Gasteiger partial charge in [0.05, 0.1) is 0 Å². The van der Waals surface area contributed by atoms with E-state index in [2.05, 4.69) is 19.6 Å². The molecule has 0 aliphatic rings. The number of hydrogen-bond donors (Lipinski definition) is 0. The van der Waals surface area contributed by atoms with E-state index in [4.69, 9.17) is 0 Å². The lowest BCUT2D eigenvalue weighted by atomic mass is 11.9. The highest BCUT2D eigenvalue weighted by molar-refractivity contribution is 7.59. The van der Waals surface area contributed by atoms with Gasteiger partial charge in [-0.2, -0.15) is 0 Å². The first-order chi connectivity index (χ1) is 3.35.